The average molecular weight is 251 g/mol. The molecule has 2 heteroatoms. The molecular weight excluding hydrogens is 226 g/mol. The fourth-order valence-electron chi connectivity index (χ4n) is 2.92. The van der Waals surface area contributed by atoms with Crippen molar-refractivity contribution in [3.8, 4) is 0 Å². The molecule has 1 fully saturated rings. The third-order valence-electron chi connectivity index (χ3n) is 4.05. The van der Waals surface area contributed by atoms with Gasteiger partial charge in [-0.3, -0.25) is 0 Å². The number of hydrogen-bond donors (Lipinski definition) is 1. The Morgan fingerprint density at radius 1 is 1.41 bits per heavy atom. The summed E-state index contributed by atoms with van der Waals surface area (Å²) in [5.74, 6) is 1.64. The van der Waals surface area contributed by atoms with Gasteiger partial charge in [0.05, 0.1) is 0 Å². The Morgan fingerprint density at radius 2 is 2.24 bits per heavy atom. The molecule has 1 N–H and O–H groups in total. The van der Waals surface area contributed by atoms with Crippen molar-refractivity contribution >= 4 is 11.3 Å². The van der Waals surface area contributed by atoms with E-state index in [9.17, 15) is 0 Å². The Bertz CT molecular complexity index is 318. The highest BCUT2D eigenvalue weighted by molar-refractivity contribution is 7.10. The van der Waals surface area contributed by atoms with E-state index in [1.54, 1.807) is 0 Å². The van der Waals surface area contributed by atoms with E-state index in [0.717, 1.165) is 12.0 Å². The van der Waals surface area contributed by atoms with E-state index in [2.05, 4.69) is 43.6 Å². The normalized spacial score (nSPS) is 26.6. The van der Waals surface area contributed by atoms with Crippen LogP contribution in [0.5, 0.6) is 0 Å². The molecule has 1 aromatic rings. The van der Waals surface area contributed by atoms with Crippen molar-refractivity contribution in [1.82, 2.24) is 5.32 Å². The monoisotopic (exact) mass is 251 g/mol. The molecule has 0 amide bonds. The Hall–Kier alpha value is -0.340. The van der Waals surface area contributed by atoms with Gasteiger partial charge in [-0.25, -0.2) is 0 Å². The quantitative estimate of drug-likeness (QED) is 0.805. The lowest BCUT2D eigenvalue weighted by molar-refractivity contribution is 0.357. The van der Waals surface area contributed by atoms with Gasteiger partial charge in [0.2, 0.25) is 0 Å². The van der Waals surface area contributed by atoms with Crippen LogP contribution in [-0.4, -0.2) is 6.04 Å². The minimum Gasteiger partial charge on any atom is -0.306 e. The van der Waals surface area contributed by atoms with E-state index >= 15 is 0 Å². The molecule has 1 saturated carbocycles. The first-order valence-electron chi connectivity index (χ1n) is 7.00. The number of hydrogen-bond acceptors (Lipinski definition) is 2. The van der Waals surface area contributed by atoms with Crippen molar-refractivity contribution < 1.29 is 0 Å². The molecule has 0 saturated heterocycles. The summed E-state index contributed by atoms with van der Waals surface area (Å²) in [6.45, 7) is 6.97. The second-order valence-electron chi connectivity index (χ2n) is 5.69. The largest absolute Gasteiger partial charge is 0.306 e. The van der Waals surface area contributed by atoms with Gasteiger partial charge in [-0.15, -0.1) is 11.3 Å². The molecule has 96 valence electrons. The Morgan fingerprint density at radius 3 is 2.76 bits per heavy atom. The molecule has 3 unspecified atom stereocenters. The zero-order chi connectivity index (χ0) is 12.3. The molecular formula is C15H25NS. The van der Waals surface area contributed by atoms with E-state index in [4.69, 9.17) is 0 Å². The van der Waals surface area contributed by atoms with Crippen LogP contribution in [0.2, 0.25) is 0 Å². The van der Waals surface area contributed by atoms with Gasteiger partial charge in [-0.05, 0) is 42.5 Å². The van der Waals surface area contributed by atoms with Gasteiger partial charge in [0.15, 0.2) is 0 Å². The summed E-state index contributed by atoms with van der Waals surface area (Å²) in [6.07, 6.45) is 5.52. The van der Waals surface area contributed by atoms with E-state index in [0.29, 0.717) is 12.0 Å². The molecule has 1 aromatic heterocycles. The molecule has 1 aliphatic rings. The lowest BCUT2D eigenvalue weighted by Gasteiger charge is -2.25. The van der Waals surface area contributed by atoms with Crippen LogP contribution in [-0.2, 0) is 0 Å². The highest BCUT2D eigenvalue weighted by atomic mass is 32.1. The van der Waals surface area contributed by atoms with E-state index < -0.39 is 0 Å². The molecule has 1 heterocycles. The second kappa shape index (κ2) is 6.01. The fourth-order valence-corrected chi connectivity index (χ4v) is 3.88. The minimum absolute atomic E-state index is 0.551. The molecule has 1 aliphatic carbocycles. The smallest absolute Gasteiger partial charge is 0.0440 e. The fraction of sp³-hybridized carbons (Fsp3) is 0.733. The van der Waals surface area contributed by atoms with Gasteiger partial charge >= 0.3 is 0 Å². The summed E-state index contributed by atoms with van der Waals surface area (Å²) in [4.78, 5) is 1.50. The van der Waals surface area contributed by atoms with Crippen LogP contribution in [0.4, 0.5) is 0 Å². The second-order valence-corrected chi connectivity index (χ2v) is 6.67. The third-order valence-corrected chi connectivity index (χ3v) is 5.01. The van der Waals surface area contributed by atoms with Crippen LogP contribution in [0, 0.1) is 11.8 Å². The molecule has 1 nitrogen and oxygen atoms in total. The Kier molecular flexibility index (Phi) is 4.63. The maximum Gasteiger partial charge on any atom is 0.0440 e. The van der Waals surface area contributed by atoms with Crippen molar-refractivity contribution in [3.63, 3.8) is 0 Å². The van der Waals surface area contributed by atoms with Crippen molar-refractivity contribution in [2.24, 2.45) is 11.8 Å². The zero-order valence-electron chi connectivity index (χ0n) is 11.3. The van der Waals surface area contributed by atoms with Crippen LogP contribution < -0.4 is 5.32 Å². The van der Waals surface area contributed by atoms with Crippen LogP contribution in [0.15, 0.2) is 17.5 Å². The molecule has 3 atom stereocenters. The first-order chi connectivity index (χ1) is 8.20. The molecule has 17 heavy (non-hydrogen) atoms. The summed E-state index contributed by atoms with van der Waals surface area (Å²) in [5, 5.41) is 6.08. The summed E-state index contributed by atoms with van der Waals surface area (Å²) in [7, 11) is 0. The van der Waals surface area contributed by atoms with Gasteiger partial charge < -0.3 is 5.32 Å². The summed E-state index contributed by atoms with van der Waals surface area (Å²) >= 11 is 1.89. The summed E-state index contributed by atoms with van der Waals surface area (Å²) < 4.78 is 0. The van der Waals surface area contributed by atoms with Gasteiger partial charge in [-0.1, -0.05) is 33.3 Å². The standard InChI is InChI=1S/C15H25NS/c1-4-12-7-8-13(10-12)16-15(11(2)3)14-6-5-9-17-14/h5-6,9,11-13,15-16H,4,7-8,10H2,1-3H3. The van der Waals surface area contributed by atoms with Crippen LogP contribution >= 0.6 is 11.3 Å². The average Bonchev–Trinajstić information content (AvgIpc) is 2.96. The SMILES string of the molecule is CCC1CCC(NC(c2cccs2)C(C)C)C1. The molecule has 0 aliphatic heterocycles. The lowest BCUT2D eigenvalue weighted by atomic mass is 10.0. The molecule has 0 bridgehead atoms. The van der Waals surface area contributed by atoms with Crippen LogP contribution in [0.25, 0.3) is 0 Å². The third kappa shape index (κ3) is 3.32. The predicted molar refractivity (Wildman–Crippen MR) is 76.5 cm³/mol. The number of rotatable bonds is 5. The summed E-state index contributed by atoms with van der Waals surface area (Å²) in [5.41, 5.74) is 0. The first-order valence-corrected chi connectivity index (χ1v) is 7.88. The highest BCUT2D eigenvalue weighted by Gasteiger charge is 2.27. The van der Waals surface area contributed by atoms with Gasteiger partial charge in [0, 0.05) is 17.0 Å². The minimum atomic E-state index is 0.551. The first kappa shape index (κ1) is 13.1. The number of nitrogens with one attached hydrogen (secondary N) is 1. The van der Waals surface area contributed by atoms with Crippen molar-refractivity contribution in [1.29, 1.82) is 0 Å². The maximum atomic E-state index is 3.89. The molecule has 2 rings (SSSR count). The Balaban J connectivity index is 1.95. The van der Waals surface area contributed by atoms with Gasteiger partial charge in [0.25, 0.3) is 0 Å². The predicted octanol–water partition coefficient (Wildman–Crippen LogP) is 4.61. The van der Waals surface area contributed by atoms with E-state index in [1.165, 1.54) is 30.6 Å². The molecule has 0 radical (unpaired) electrons. The van der Waals surface area contributed by atoms with Crippen LogP contribution in [0.1, 0.15) is 57.4 Å². The maximum absolute atomic E-state index is 3.89. The van der Waals surface area contributed by atoms with Crippen molar-refractivity contribution in [3.05, 3.63) is 22.4 Å². The van der Waals surface area contributed by atoms with Gasteiger partial charge in [-0.2, -0.15) is 0 Å². The van der Waals surface area contributed by atoms with E-state index in [-0.39, 0.29) is 0 Å². The van der Waals surface area contributed by atoms with Crippen molar-refractivity contribution in [2.75, 3.05) is 0 Å². The lowest BCUT2D eigenvalue weighted by Crippen LogP contribution is -2.33. The topological polar surface area (TPSA) is 12.0 Å². The van der Waals surface area contributed by atoms with E-state index in [1.807, 2.05) is 11.3 Å². The Labute approximate surface area is 110 Å². The zero-order valence-corrected chi connectivity index (χ0v) is 12.1. The van der Waals surface area contributed by atoms with Gasteiger partial charge in [0.1, 0.15) is 0 Å². The summed E-state index contributed by atoms with van der Waals surface area (Å²) in [6, 6.07) is 5.74. The molecule has 0 spiro atoms. The highest BCUT2D eigenvalue weighted by Crippen LogP contribution is 2.32. The van der Waals surface area contributed by atoms with Crippen molar-refractivity contribution in [2.45, 2.75) is 58.5 Å². The number of thiophene rings is 1. The molecule has 0 aromatic carbocycles. The van der Waals surface area contributed by atoms with Crippen LogP contribution in [0.3, 0.4) is 0 Å².